The highest BCUT2D eigenvalue weighted by molar-refractivity contribution is 7.99. The van der Waals surface area contributed by atoms with Gasteiger partial charge in [-0.15, -0.1) is 10.2 Å². The van der Waals surface area contributed by atoms with E-state index in [-0.39, 0.29) is 5.75 Å². The number of hydrogen-bond donors (Lipinski definition) is 1. The number of nitrogens with zero attached hydrogens (tertiary/aromatic N) is 3. The molecule has 112 valence electrons. The Morgan fingerprint density at radius 3 is 2.75 bits per heavy atom. The first kappa shape index (κ1) is 15.4. The molecule has 0 spiro atoms. The molecule has 0 aromatic carbocycles. The molecular formula is C14H23N3O2S. The molecule has 0 radical (unpaired) electrons. The number of hydrogen-bond acceptors (Lipinski definition) is 4. The standard InChI is InChI=1S/C14H23N3O2S/c1-10(2)5-3-4-8-17-13(11-6-7-11)15-16-14(17)20-9-12(18)19/h10-11H,3-9H2,1-2H3,(H,18,19). The predicted octanol–water partition coefficient (Wildman–Crippen LogP) is 3.16. The number of carboxylic acid groups (broad SMARTS) is 1. The minimum atomic E-state index is -0.808. The Morgan fingerprint density at radius 1 is 1.40 bits per heavy atom. The van der Waals surface area contributed by atoms with E-state index in [1.165, 1.54) is 37.4 Å². The summed E-state index contributed by atoms with van der Waals surface area (Å²) in [5.74, 6) is 1.58. The maximum absolute atomic E-state index is 10.7. The SMILES string of the molecule is CC(C)CCCCn1c(SCC(=O)O)nnc1C1CC1. The summed E-state index contributed by atoms with van der Waals surface area (Å²) >= 11 is 1.28. The lowest BCUT2D eigenvalue weighted by Crippen LogP contribution is -2.07. The van der Waals surface area contributed by atoms with Crippen LogP contribution in [0.1, 0.15) is 57.7 Å². The van der Waals surface area contributed by atoms with E-state index >= 15 is 0 Å². The first-order valence-electron chi connectivity index (χ1n) is 7.35. The molecule has 0 atom stereocenters. The van der Waals surface area contributed by atoms with Gasteiger partial charge in [0.25, 0.3) is 0 Å². The van der Waals surface area contributed by atoms with E-state index in [0.29, 0.717) is 5.92 Å². The summed E-state index contributed by atoms with van der Waals surface area (Å²) in [5, 5.41) is 18.0. The van der Waals surface area contributed by atoms with Gasteiger partial charge in [0, 0.05) is 12.5 Å². The van der Waals surface area contributed by atoms with Crippen molar-refractivity contribution >= 4 is 17.7 Å². The molecule has 1 aliphatic rings. The van der Waals surface area contributed by atoms with Crippen molar-refractivity contribution in [2.24, 2.45) is 5.92 Å². The number of rotatable bonds is 9. The van der Waals surface area contributed by atoms with E-state index in [9.17, 15) is 4.79 Å². The highest BCUT2D eigenvalue weighted by atomic mass is 32.2. The number of carboxylic acids is 1. The molecule has 0 bridgehead atoms. The highest BCUT2D eigenvalue weighted by Crippen LogP contribution is 2.40. The van der Waals surface area contributed by atoms with E-state index in [1.54, 1.807) is 0 Å². The van der Waals surface area contributed by atoms with Crippen LogP contribution in [-0.4, -0.2) is 31.6 Å². The minimum Gasteiger partial charge on any atom is -0.481 e. The number of unbranched alkanes of at least 4 members (excludes halogenated alkanes) is 1. The van der Waals surface area contributed by atoms with Crippen LogP contribution in [0.25, 0.3) is 0 Å². The zero-order valence-corrected chi connectivity index (χ0v) is 13.0. The van der Waals surface area contributed by atoms with Crippen molar-refractivity contribution in [1.29, 1.82) is 0 Å². The van der Waals surface area contributed by atoms with Crippen LogP contribution in [-0.2, 0) is 11.3 Å². The number of aromatic nitrogens is 3. The molecule has 0 saturated heterocycles. The second-order valence-corrected chi connectivity index (χ2v) is 6.78. The molecule has 1 aromatic heterocycles. The van der Waals surface area contributed by atoms with Gasteiger partial charge in [-0.05, 0) is 25.2 Å². The Hall–Kier alpha value is -1.04. The van der Waals surface area contributed by atoms with Crippen molar-refractivity contribution in [2.45, 2.75) is 63.6 Å². The van der Waals surface area contributed by atoms with Crippen LogP contribution in [0.15, 0.2) is 5.16 Å². The van der Waals surface area contributed by atoms with Gasteiger partial charge in [-0.2, -0.15) is 0 Å². The molecule has 6 heteroatoms. The van der Waals surface area contributed by atoms with Crippen LogP contribution in [0, 0.1) is 5.92 Å². The average molecular weight is 297 g/mol. The van der Waals surface area contributed by atoms with E-state index in [4.69, 9.17) is 5.11 Å². The van der Waals surface area contributed by atoms with Gasteiger partial charge < -0.3 is 9.67 Å². The third-order valence-electron chi connectivity index (χ3n) is 3.43. The number of carbonyl (C=O) groups is 1. The fraction of sp³-hybridized carbons (Fsp3) is 0.786. The highest BCUT2D eigenvalue weighted by Gasteiger charge is 2.30. The molecule has 20 heavy (non-hydrogen) atoms. The van der Waals surface area contributed by atoms with Crippen LogP contribution in [0.4, 0.5) is 0 Å². The van der Waals surface area contributed by atoms with E-state index in [0.717, 1.165) is 29.9 Å². The van der Waals surface area contributed by atoms with Gasteiger partial charge >= 0.3 is 5.97 Å². The Kier molecular flexibility index (Phi) is 5.46. The minimum absolute atomic E-state index is 0.0504. The van der Waals surface area contributed by atoms with Crippen LogP contribution in [0.2, 0.25) is 0 Å². The summed E-state index contributed by atoms with van der Waals surface area (Å²) in [6, 6.07) is 0. The van der Waals surface area contributed by atoms with Gasteiger partial charge in [0.2, 0.25) is 0 Å². The summed E-state index contributed by atoms with van der Waals surface area (Å²) in [4.78, 5) is 10.7. The van der Waals surface area contributed by atoms with Gasteiger partial charge in [-0.1, -0.05) is 38.5 Å². The van der Waals surface area contributed by atoms with Gasteiger partial charge in [-0.3, -0.25) is 4.79 Å². The van der Waals surface area contributed by atoms with Crippen molar-refractivity contribution in [2.75, 3.05) is 5.75 Å². The van der Waals surface area contributed by atoms with Crippen LogP contribution < -0.4 is 0 Å². The topological polar surface area (TPSA) is 68.0 Å². The molecule has 1 N–H and O–H groups in total. The molecule has 0 unspecified atom stereocenters. The average Bonchev–Trinajstić information content (AvgIpc) is 3.14. The lowest BCUT2D eigenvalue weighted by atomic mass is 10.1. The van der Waals surface area contributed by atoms with Crippen molar-refractivity contribution in [3.8, 4) is 0 Å². The van der Waals surface area contributed by atoms with Crippen LogP contribution in [0.5, 0.6) is 0 Å². The Morgan fingerprint density at radius 2 is 2.15 bits per heavy atom. The monoisotopic (exact) mass is 297 g/mol. The quantitative estimate of drug-likeness (QED) is 0.560. The Balaban J connectivity index is 1.95. The lowest BCUT2D eigenvalue weighted by molar-refractivity contribution is -0.133. The molecule has 0 aliphatic heterocycles. The normalized spacial score (nSPS) is 14.9. The molecule has 1 aliphatic carbocycles. The fourth-order valence-electron chi connectivity index (χ4n) is 2.21. The number of thioether (sulfide) groups is 1. The van der Waals surface area contributed by atoms with E-state index < -0.39 is 5.97 Å². The first-order valence-corrected chi connectivity index (χ1v) is 8.34. The Bertz CT molecular complexity index is 455. The van der Waals surface area contributed by atoms with E-state index in [2.05, 4.69) is 28.6 Å². The van der Waals surface area contributed by atoms with Crippen LogP contribution >= 0.6 is 11.8 Å². The van der Waals surface area contributed by atoms with Crippen molar-refractivity contribution in [3.63, 3.8) is 0 Å². The molecule has 1 saturated carbocycles. The second kappa shape index (κ2) is 7.11. The summed E-state index contributed by atoms with van der Waals surface area (Å²) in [7, 11) is 0. The van der Waals surface area contributed by atoms with Crippen LogP contribution in [0.3, 0.4) is 0 Å². The summed E-state index contributed by atoms with van der Waals surface area (Å²) < 4.78 is 2.14. The zero-order valence-electron chi connectivity index (χ0n) is 12.2. The second-order valence-electron chi connectivity index (χ2n) is 5.84. The van der Waals surface area contributed by atoms with E-state index in [1.807, 2.05) is 0 Å². The number of aliphatic carboxylic acids is 1. The van der Waals surface area contributed by atoms with Gasteiger partial charge in [0.1, 0.15) is 5.82 Å². The van der Waals surface area contributed by atoms with Crippen molar-refractivity contribution < 1.29 is 9.90 Å². The molecule has 5 nitrogen and oxygen atoms in total. The third-order valence-corrected chi connectivity index (χ3v) is 4.38. The molecule has 2 rings (SSSR count). The maximum atomic E-state index is 10.7. The lowest BCUT2D eigenvalue weighted by Gasteiger charge is -2.10. The molecule has 1 heterocycles. The largest absolute Gasteiger partial charge is 0.481 e. The third kappa shape index (κ3) is 4.51. The smallest absolute Gasteiger partial charge is 0.313 e. The van der Waals surface area contributed by atoms with Crippen molar-refractivity contribution in [1.82, 2.24) is 14.8 Å². The molecular weight excluding hydrogens is 274 g/mol. The van der Waals surface area contributed by atoms with Gasteiger partial charge in [-0.25, -0.2) is 0 Å². The molecule has 1 aromatic rings. The summed E-state index contributed by atoms with van der Waals surface area (Å²) in [6.07, 6.45) is 5.92. The molecule has 1 fully saturated rings. The zero-order chi connectivity index (χ0) is 14.5. The molecule has 0 amide bonds. The Labute approximate surface area is 124 Å². The fourth-order valence-corrected chi connectivity index (χ4v) is 2.90. The van der Waals surface area contributed by atoms with Crippen molar-refractivity contribution in [3.05, 3.63) is 5.82 Å². The summed E-state index contributed by atoms with van der Waals surface area (Å²) in [5.41, 5.74) is 0. The van der Waals surface area contributed by atoms with Gasteiger partial charge in [0.15, 0.2) is 5.16 Å². The maximum Gasteiger partial charge on any atom is 0.313 e. The summed E-state index contributed by atoms with van der Waals surface area (Å²) in [6.45, 7) is 5.39. The predicted molar refractivity (Wildman–Crippen MR) is 79.0 cm³/mol. The van der Waals surface area contributed by atoms with Gasteiger partial charge in [0.05, 0.1) is 5.75 Å². The first-order chi connectivity index (χ1) is 9.58.